The van der Waals surface area contributed by atoms with Gasteiger partial charge in [-0.25, -0.2) is 4.39 Å². The highest BCUT2D eigenvalue weighted by molar-refractivity contribution is 6.30. The van der Waals surface area contributed by atoms with Crippen molar-refractivity contribution >= 4 is 17.5 Å². The Labute approximate surface area is 191 Å². The second-order valence-electron chi connectivity index (χ2n) is 8.01. The van der Waals surface area contributed by atoms with Gasteiger partial charge in [0.25, 0.3) is 0 Å². The molecule has 1 amide bonds. The Morgan fingerprint density at radius 2 is 2.19 bits per heavy atom. The molecule has 8 heteroatoms. The third kappa shape index (κ3) is 5.46. The zero-order valence-electron chi connectivity index (χ0n) is 17.9. The predicted octanol–water partition coefficient (Wildman–Crippen LogP) is 5.40. The molecule has 6 nitrogen and oxygen atoms in total. The third-order valence-electron chi connectivity index (χ3n) is 5.58. The number of hydrogen-bond acceptors (Lipinski definition) is 5. The van der Waals surface area contributed by atoms with Crippen LogP contribution in [0.1, 0.15) is 43.1 Å². The minimum absolute atomic E-state index is 0.0181. The molecule has 1 unspecified atom stereocenters. The fraction of sp³-hybridized carbons (Fsp3) is 0.375. The molecule has 4 rings (SSSR count). The maximum atomic E-state index is 13.5. The molecule has 1 aromatic heterocycles. The topological polar surface area (TPSA) is 68.5 Å². The lowest BCUT2D eigenvalue weighted by Crippen LogP contribution is -2.39. The van der Waals surface area contributed by atoms with Crippen molar-refractivity contribution in [2.45, 2.75) is 38.5 Å². The lowest BCUT2D eigenvalue weighted by molar-refractivity contribution is -0.132. The first-order chi connectivity index (χ1) is 15.5. The van der Waals surface area contributed by atoms with E-state index in [4.69, 9.17) is 20.9 Å². The van der Waals surface area contributed by atoms with Crippen LogP contribution in [0.2, 0.25) is 5.02 Å². The van der Waals surface area contributed by atoms with Gasteiger partial charge in [-0.15, -0.1) is 0 Å². The van der Waals surface area contributed by atoms with Gasteiger partial charge in [0.15, 0.2) is 0 Å². The maximum Gasteiger partial charge on any atom is 0.231 e. The molecular formula is C24H25ClFN3O3. The molecule has 0 saturated carbocycles. The smallest absolute Gasteiger partial charge is 0.231 e. The largest absolute Gasteiger partial charge is 0.493 e. The number of benzene rings is 2. The van der Waals surface area contributed by atoms with E-state index in [0.29, 0.717) is 48.3 Å². The van der Waals surface area contributed by atoms with Gasteiger partial charge in [0.05, 0.1) is 12.5 Å². The van der Waals surface area contributed by atoms with Crippen LogP contribution in [0.15, 0.2) is 47.0 Å². The quantitative estimate of drug-likeness (QED) is 0.444. The SMILES string of the molecule is Cc1cc(Cl)ccc1OCCCC(=O)N1CCCC(c2nc(-c3cccc(F)c3)no2)C1. The Bertz CT molecular complexity index is 1090. The van der Waals surface area contributed by atoms with Gasteiger partial charge < -0.3 is 14.2 Å². The van der Waals surface area contributed by atoms with Crippen LogP contribution < -0.4 is 4.74 Å². The van der Waals surface area contributed by atoms with E-state index >= 15 is 0 Å². The first kappa shape index (κ1) is 22.3. The zero-order valence-corrected chi connectivity index (χ0v) is 18.6. The summed E-state index contributed by atoms with van der Waals surface area (Å²) >= 11 is 5.96. The summed E-state index contributed by atoms with van der Waals surface area (Å²) in [5.41, 5.74) is 1.54. The van der Waals surface area contributed by atoms with Gasteiger partial charge in [-0.2, -0.15) is 4.98 Å². The summed E-state index contributed by atoms with van der Waals surface area (Å²) in [6, 6.07) is 11.6. The summed E-state index contributed by atoms with van der Waals surface area (Å²) < 4.78 is 24.7. The monoisotopic (exact) mass is 457 g/mol. The number of hydrogen-bond donors (Lipinski definition) is 0. The lowest BCUT2D eigenvalue weighted by atomic mass is 9.97. The molecule has 1 aliphatic heterocycles. The van der Waals surface area contributed by atoms with Gasteiger partial charge in [0, 0.05) is 30.1 Å². The number of halogens is 2. The first-order valence-corrected chi connectivity index (χ1v) is 11.1. The van der Waals surface area contributed by atoms with Crippen LogP contribution in [0, 0.1) is 12.7 Å². The molecule has 0 spiro atoms. The maximum absolute atomic E-state index is 13.5. The fourth-order valence-corrected chi connectivity index (χ4v) is 4.12. The lowest BCUT2D eigenvalue weighted by Gasteiger charge is -2.31. The molecular weight excluding hydrogens is 433 g/mol. The normalized spacial score (nSPS) is 16.2. The average Bonchev–Trinajstić information content (AvgIpc) is 3.28. The number of likely N-dealkylation sites (tertiary alicyclic amines) is 1. The van der Waals surface area contributed by atoms with Crippen molar-refractivity contribution in [1.29, 1.82) is 0 Å². The number of piperidine rings is 1. The molecule has 0 bridgehead atoms. The van der Waals surface area contributed by atoms with E-state index in [1.165, 1.54) is 12.1 Å². The standard InChI is InChI=1S/C24H25ClFN3O3/c1-16-13-19(25)9-10-21(16)31-12-4-8-22(30)29-11-3-6-18(15-29)24-27-23(28-32-24)17-5-2-7-20(26)14-17/h2,5,7,9-10,13-14,18H,3-4,6,8,11-12,15H2,1H3. The Morgan fingerprint density at radius 1 is 1.31 bits per heavy atom. The van der Waals surface area contributed by atoms with Crippen molar-refractivity contribution in [3.05, 3.63) is 64.8 Å². The molecule has 1 aliphatic rings. The average molecular weight is 458 g/mol. The molecule has 0 radical (unpaired) electrons. The molecule has 1 fully saturated rings. The van der Waals surface area contributed by atoms with Crippen LogP contribution in [0.25, 0.3) is 11.4 Å². The summed E-state index contributed by atoms with van der Waals surface area (Å²) in [6.45, 7) is 3.67. The fourth-order valence-electron chi connectivity index (χ4n) is 3.89. The second kappa shape index (κ2) is 10.1. The van der Waals surface area contributed by atoms with Crippen LogP contribution in [0.3, 0.4) is 0 Å². The van der Waals surface area contributed by atoms with E-state index in [-0.39, 0.29) is 17.6 Å². The van der Waals surface area contributed by atoms with Crippen molar-refractivity contribution in [3.63, 3.8) is 0 Å². The van der Waals surface area contributed by atoms with Crippen LogP contribution in [-0.4, -0.2) is 40.6 Å². The highest BCUT2D eigenvalue weighted by atomic mass is 35.5. The Kier molecular flexibility index (Phi) is 7.05. The highest BCUT2D eigenvalue weighted by Gasteiger charge is 2.28. The van der Waals surface area contributed by atoms with Gasteiger partial charge in [-0.05, 0) is 62.1 Å². The molecule has 2 heterocycles. The Hall–Kier alpha value is -2.93. The van der Waals surface area contributed by atoms with Crippen molar-refractivity contribution in [2.24, 2.45) is 0 Å². The number of ether oxygens (including phenoxy) is 1. The molecule has 168 valence electrons. The minimum Gasteiger partial charge on any atom is -0.493 e. The summed E-state index contributed by atoms with van der Waals surface area (Å²) in [4.78, 5) is 19.0. The summed E-state index contributed by atoms with van der Waals surface area (Å²) in [7, 11) is 0. The van der Waals surface area contributed by atoms with Gasteiger partial charge in [0.2, 0.25) is 17.6 Å². The van der Waals surface area contributed by atoms with Crippen molar-refractivity contribution in [2.75, 3.05) is 19.7 Å². The number of carbonyl (C=O) groups excluding carboxylic acids is 1. The van der Waals surface area contributed by atoms with Crippen LogP contribution in [-0.2, 0) is 4.79 Å². The molecule has 32 heavy (non-hydrogen) atoms. The molecule has 1 atom stereocenters. The summed E-state index contributed by atoms with van der Waals surface area (Å²) in [5.74, 6) is 1.36. The van der Waals surface area contributed by atoms with Crippen LogP contribution in [0.5, 0.6) is 5.75 Å². The van der Waals surface area contributed by atoms with Crippen LogP contribution in [0.4, 0.5) is 4.39 Å². The van der Waals surface area contributed by atoms with E-state index in [1.54, 1.807) is 18.2 Å². The van der Waals surface area contributed by atoms with Gasteiger partial charge in [-0.1, -0.05) is 28.9 Å². The number of aromatic nitrogens is 2. The highest BCUT2D eigenvalue weighted by Crippen LogP contribution is 2.28. The molecule has 0 aliphatic carbocycles. The second-order valence-corrected chi connectivity index (χ2v) is 8.44. The van der Waals surface area contributed by atoms with Gasteiger partial charge >= 0.3 is 0 Å². The van der Waals surface area contributed by atoms with E-state index in [0.717, 1.165) is 30.7 Å². The summed E-state index contributed by atoms with van der Waals surface area (Å²) in [6.07, 6.45) is 2.78. The number of aryl methyl sites for hydroxylation is 1. The van der Waals surface area contributed by atoms with Gasteiger partial charge in [-0.3, -0.25) is 4.79 Å². The summed E-state index contributed by atoms with van der Waals surface area (Å²) in [5, 5.41) is 4.67. The predicted molar refractivity (Wildman–Crippen MR) is 119 cm³/mol. The molecule has 3 aromatic rings. The Balaban J connectivity index is 1.28. The van der Waals surface area contributed by atoms with E-state index in [2.05, 4.69) is 10.1 Å². The van der Waals surface area contributed by atoms with E-state index in [9.17, 15) is 9.18 Å². The van der Waals surface area contributed by atoms with E-state index in [1.807, 2.05) is 24.0 Å². The van der Waals surface area contributed by atoms with Crippen molar-refractivity contribution in [3.8, 4) is 17.1 Å². The number of amides is 1. The zero-order chi connectivity index (χ0) is 22.5. The van der Waals surface area contributed by atoms with E-state index < -0.39 is 0 Å². The number of carbonyl (C=O) groups is 1. The van der Waals surface area contributed by atoms with Crippen LogP contribution >= 0.6 is 11.6 Å². The first-order valence-electron chi connectivity index (χ1n) is 10.8. The molecule has 0 N–H and O–H groups in total. The van der Waals surface area contributed by atoms with Crippen molar-refractivity contribution in [1.82, 2.24) is 15.0 Å². The molecule has 1 saturated heterocycles. The van der Waals surface area contributed by atoms with Gasteiger partial charge in [0.1, 0.15) is 11.6 Å². The van der Waals surface area contributed by atoms with Crippen molar-refractivity contribution < 1.29 is 18.4 Å². The number of nitrogens with zero attached hydrogens (tertiary/aromatic N) is 3. The number of rotatable bonds is 7. The third-order valence-corrected chi connectivity index (χ3v) is 5.81. The Morgan fingerprint density at radius 3 is 3.00 bits per heavy atom. The minimum atomic E-state index is -0.349. The molecule has 2 aromatic carbocycles.